The average molecular weight is 700 g/mol. The molecule has 2 bridgehead atoms. The summed E-state index contributed by atoms with van der Waals surface area (Å²) in [5, 5.41) is 16.8. The number of aliphatic hydroxyl groups is 1. The number of carbonyl (C=O) groups excluding carboxylic acids is 2. The molecule has 10 nitrogen and oxygen atoms in total. The molecule has 2 aromatic heterocycles. The summed E-state index contributed by atoms with van der Waals surface area (Å²) in [6, 6.07) is 10.7. The van der Waals surface area contributed by atoms with Gasteiger partial charge >= 0.3 is 6.09 Å². The van der Waals surface area contributed by atoms with E-state index in [1.807, 2.05) is 23.1 Å². The Morgan fingerprint density at radius 2 is 1.75 bits per heavy atom. The molecular weight excluding hydrogens is 642 g/mol. The molecule has 0 spiro atoms. The first-order chi connectivity index (χ1) is 24.4. The first-order valence-electron chi connectivity index (χ1n) is 18.9. The van der Waals surface area contributed by atoms with Crippen LogP contribution in [0.25, 0.3) is 11.1 Å². The van der Waals surface area contributed by atoms with E-state index >= 15 is 0 Å². The van der Waals surface area contributed by atoms with Crippen molar-refractivity contribution in [1.82, 2.24) is 20.1 Å². The molecule has 2 amide bonds. The highest BCUT2D eigenvalue weighted by molar-refractivity contribution is 5.89. The number of methoxy groups -OCH3 is 1. The van der Waals surface area contributed by atoms with E-state index in [9.17, 15) is 14.7 Å². The number of hydrogen-bond acceptors (Lipinski definition) is 7. The van der Waals surface area contributed by atoms with Gasteiger partial charge in [0.05, 0.1) is 30.0 Å². The molecule has 2 unspecified atom stereocenters. The number of pyridine rings is 1. The van der Waals surface area contributed by atoms with Gasteiger partial charge in [0.25, 0.3) is 5.91 Å². The van der Waals surface area contributed by atoms with Gasteiger partial charge in [-0.25, -0.2) is 4.79 Å². The van der Waals surface area contributed by atoms with Crippen LogP contribution in [0.4, 0.5) is 4.79 Å². The number of aromatic nitrogens is 3. The lowest BCUT2D eigenvalue weighted by molar-refractivity contribution is -0.157. The minimum atomic E-state index is -1.59. The fraction of sp³-hybridized carbons (Fsp3) is 0.610. The Morgan fingerprint density at radius 1 is 1.02 bits per heavy atom. The van der Waals surface area contributed by atoms with Crippen molar-refractivity contribution in [1.29, 1.82) is 0 Å². The molecule has 1 aromatic carbocycles. The molecule has 4 saturated carbocycles. The number of benzene rings is 1. The van der Waals surface area contributed by atoms with Crippen molar-refractivity contribution < 1.29 is 24.2 Å². The number of ether oxygens (including phenoxy) is 2. The van der Waals surface area contributed by atoms with Crippen LogP contribution in [0.5, 0.6) is 5.75 Å². The maximum Gasteiger partial charge on any atom is 0.408 e. The van der Waals surface area contributed by atoms with Crippen molar-refractivity contribution in [2.45, 2.75) is 133 Å². The Balaban J connectivity index is 1.41. The van der Waals surface area contributed by atoms with Crippen LogP contribution in [0.15, 0.2) is 48.9 Å². The molecule has 0 aliphatic heterocycles. The highest BCUT2D eigenvalue weighted by Gasteiger charge is 2.65. The second-order valence-electron chi connectivity index (χ2n) is 16.3. The molecule has 2 atom stereocenters. The number of aliphatic hydroxyl groups excluding tert-OH is 1. The summed E-state index contributed by atoms with van der Waals surface area (Å²) in [6.07, 6.45) is 15.8. The van der Waals surface area contributed by atoms with Crippen molar-refractivity contribution in [3.63, 3.8) is 0 Å². The number of fused-ring (bicyclic) bond motifs is 3. The summed E-state index contributed by atoms with van der Waals surface area (Å²) in [6.45, 7) is 8.78. The number of rotatable bonds is 13. The maximum absolute atomic E-state index is 14.0. The van der Waals surface area contributed by atoms with E-state index in [2.05, 4.69) is 63.5 Å². The van der Waals surface area contributed by atoms with Crippen molar-refractivity contribution in [3.8, 4) is 16.9 Å². The summed E-state index contributed by atoms with van der Waals surface area (Å²) in [5.74, 6) is 0.282. The lowest BCUT2D eigenvalue weighted by Gasteiger charge is -2.59. The second kappa shape index (κ2) is 14.2. The van der Waals surface area contributed by atoms with Gasteiger partial charge in [-0.1, -0.05) is 25.5 Å². The number of hydrogen-bond donors (Lipinski definition) is 3. The van der Waals surface area contributed by atoms with Crippen LogP contribution in [0.1, 0.15) is 121 Å². The van der Waals surface area contributed by atoms with E-state index in [0.717, 1.165) is 79.5 Å². The summed E-state index contributed by atoms with van der Waals surface area (Å²) >= 11 is 0. The normalized spacial score (nSPS) is 27.6. The zero-order valence-electron chi connectivity index (χ0n) is 31.2. The van der Waals surface area contributed by atoms with Gasteiger partial charge in [-0.2, -0.15) is 5.10 Å². The minimum absolute atomic E-state index is 0.0615. The summed E-state index contributed by atoms with van der Waals surface area (Å²) < 4.78 is 13.9. The van der Waals surface area contributed by atoms with Crippen LogP contribution in [0, 0.1) is 12.3 Å². The largest absolute Gasteiger partial charge is 0.496 e. The number of alkyl carbamates (subject to hydrolysis) is 1. The van der Waals surface area contributed by atoms with E-state index in [1.165, 1.54) is 5.56 Å². The fourth-order valence-electron chi connectivity index (χ4n) is 9.57. The first kappa shape index (κ1) is 36.9. The van der Waals surface area contributed by atoms with Crippen LogP contribution in [0.3, 0.4) is 0 Å². The molecule has 276 valence electrons. The summed E-state index contributed by atoms with van der Waals surface area (Å²) in [4.78, 5) is 32.5. The Kier molecular flexibility index (Phi) is 10.3. The van der Waals surface area contributed by atoms with Gasteiger partial charge in [0, 0.05) is 31.1 Å². The maximum atomic E-state index is 14.0. The monoisotopic (exact) mass is 699 g/mol. The standard InChI is InChI=1S/C41H57N5O5/c1-6-37(3,4)46-27-31(26-45-46)30-12-22-43-34(25-30)40(13-7-8-14-41(40,35(42)48)51-36(49)44-21-9-23-47)28-38-15-18-39(19-16-38,20-17-38)32-10-11-33(50-5)29(2)24-32/h10-12,22,24-27,47H,6-9,13-21,23,28H2,1-5H3,(H2,42,48)(H,44,49). The third-order valence-electron chi connectivity index (χ3n) is 13.2. The number of nitrogens with two attached hydrogens (primary N) is 1. The van der Waals surface area contributed by atoms with E-state index < -0.39 is 23.0 Å². The Hall–Kier alpha value is -3.92. The van der Waals surface area contributed by atoms with Crippen molar-refractivity contribution in [2.75, 3.05) is 20.3 Å². The van der Waals surface area contributed by atoms with Crippen LogP contribution in [-0.2, 0) is 25.9 Å². The molecule has 0 radical (unpaired) electrons. The Morgan fingerprint density at radius 3 is 2.39 bits per heavy atom. The molecule has 3 aromatic rings. The van der Waals surface area contributed by atoms with Gasteiger partial charge in [0.15, 0.2) is 0 Å². The van der Waals surface area contributed by atoms with E-state index in [0.29, 0.717) is 32.1 Å². The highest BCUT2D eigenvalue weighted by Crippen LogP contribution is 2.64. The molecule has 4 aliphatic carbocycles. The van der Waals surface area contributed by atoms with Gasteiger partial charge < -0.3 is 25.6 Å². The van der Waals surface area contributed by atoms with E-state index in [4.69, 9.17) is 25.3 Å². The molecule has 4 aliphatic rings. The topological polar surface area (TPSA) is 142 Å². The molecule has 4 fully saturated rings. The zero-order chi connectivity index (χ0) is 36.5. The molecule has 7 rings (SSSR count). The van der Waals surface area contributed by atoms with Crippen molar-refractivity contribution in [2.24, 2.45) is 11.1 Å². The predicted octanol–water partition coefficient (Wildman–Crippen LogP) is 7.23. The Labute approximate surface area is 302 Å². The molecular formula is C41H57N5O5. The zero-order valence-corrected chi connectivity index (χ0v) is 31.2. The number of nitrogens with zero attached hydrogens (tertiary/aromatic N) is 3. The summed E-state index contributed by atoms with van der Waals surface area (Å²) in [5.41, 5.74) is 9.02. The summed E-state index contributed by atoms with van der Waals surface area (Å²) in [7, 11) is 1.72. The number of amides is 2. The SMILES string of the molecule is CCC(C)(C)n1cc(-c2ccnc(C3(CC45CCC(c6ccc(OC)c(C)c6)(CC4)CC5)CCCCC3(OC(=O)NCCCO)C(N)=O)c2)cn1. The van der Waals surface area contributed by atoms with Crippen LogP contribution < -0.4 is 15.8 Å². The second-order valence-corrected chi connectivity index (χ2v) is 16.3. The minimum Gasteiger partial charge on any atom is -0.496 e. The van der Waals surface area contributed by atoms with Crippen molar-refractivity contribution >= 4 is 12.0 Å². The molecule has 4 N–H and O–H groups in total. The predicted molar refractivity (Wildman–Crippen MR) is 197 cm³/mol. The number of primary amides is 1. The van der Waals surface area contributed by atoms with Gasteiger partial charge in [-0.3, -0.25) is 14.5 Å². The van der Waals surface area contributed by atoms with Crippen LogP contribution >= 0.6 is 0 Å². The Bertz CT molecular complexity index is 1710. The van der Waals surface area contributed by atoms with Gasteiger partial charge in [0.2, 0.25) is 5.60 Å². The van der Waals surface area contributed by atoms with Crippen LogP contribution in [0.2, 0.25) is 0 Å². The number of aryl methyl sites for hydroxylation is 1. The highest BCUT2D eigenvalue weighted by atomic mass is 16.6. The van der Waals surface area contributed by atoms with E-state index in [-0.39, 0.29) is 29.5 Å². The number of carbonyl (C=O) groups is 2. The molecule has 0 saturated heterocycles. The molecule has 51 heavy (non-hydrogen) atoms. The third-order valence-corrected chi connectivity index (χ3v) is 13.2. The van der Waals surface area contributed by atoms with Crippen LogP contribution in [-0.4, -0.2) is 57.7 Å². The van der Waals surface area contributed by atoms with Gasteiger partial charge in [-0.15, -0.1) is 0 Å². The molecule has 10 heteroatoms. The fourth-order valence-corrected chi connectivity index (χ4v) is 9.57. The van der Waals surface area contributed by atoms with E-state index in [1.54, 1.807) is 7.11 Å². The average Bonchev–Trinajstić information content (AvgIpc) is 3.65. The number of nitrogens with one attached hydrogen (secondary N) is 1. The van der Waals surface area contributed by atoms with Gasteiger partial charge in [0.1, 0.15) is 5.75 Å². The van der Waals surface area contributed by atoms with Crippen molar-refractivity contribution in [3.05, 3.63) is 65.7 Å². The van der Waals surface area contributed by atoms with Gasteiger partial charge in [-0.05, 0) is 144 Å². The lowest BCUT2D eigenvalue weighted by atomic mass is 9.46. The molecule has 2 heterocycles. The third kappa shape index (κ3) is 6.64. The quantitative estimate of drug-likeness (QED) is 0.160. The lowest BCUT2D eigenvalue weighted by Crippen LogP contribution is -2.66. The smallest absolute Gasteiger partial charge is 0.408 e. The first-order valence-corrected chi connectivity index (χ1v) is 18.9.